The van der Waals surface area contributed by atoms with Gasteiger partial charge in [0.05, 0.1) is 29.9 Å². The Morgan fingerprint density at radius 3 is 2.48 bits per heavy atom. The number of hydrogen-bond donors (Lipinski definition) is 0. The van der Waals surface area contributed by atoms with E-state index < -0.39 is 0 Å². The Hall–Kier alpha value is -2.40. The third-order valence-electron chi connectivity index (χ3n) is 4.78. The molecule has 130 valence electrons. The van der Waals surface area contributed by atoms with Crippen molar-refractivity contribution in [3.63, 3.8) is 0 Å². The summed E-state index contributed by atoms with van der Waals surface area (Å²) in [4.78, 5) is 21.4. The zero-order valence-corrected chi connectivity index (χ0v) is 14.8. The maximum absolute atomic E-state index is 13.2. The van der Waals surface area contributed by atoms with E-state index >= 15 is 0 Å². The molecule has 0 aliphatic carbocycles. The van der Waals surface area contributed by atoms with Crippen LogP contribution in [0, 0.1) is 5.82 Å². The van der Waals surface area contributed by atoms with Crippen LogP contribution in [0.1, 0.15) is 29.8 Å². The molecule has 2 heterocycles. The Kier molecular flexibility index (Phi) is 4.52. The number of fused-ring (bicyclic) bond motifs is 2. The van der Waals surface area contributed by atoms with Crippen molar-refractivity contribution in [3.05, 3.63) is 65.5 Å². The molecule has 25 heavy (non-hydrogen) atoms. The summed E-state index contributed by atoms with van der Waals surface area (Å²) >= 11 is 0. The molecule has 0 radical (unpaired) electrons. The first-order chi connectivity index (χ1) is 11.6. The molecule has 0 N–H and O–H groups in total. The van der Waals surface area contributed by atoms with E-state index in [9.17, 15) is 9.18 Å². The summed E-state index contributed by atoms with van der Waals surface area (Å²) < 4.78 is 13.2. The third-order valence-corrected chi connectivity index (χ3v) is 4.78. The molecule has 2 unspecified atom stereocenters. The first-order valence-electron chi connectivity index (χ1n) is 8.08. The quantitative estimate of drug-likeness (QED) is 0.816. The lowest BCUT2D eigenvalue weighted by molar-refractivity contribution is 0.0809. The van der Waals surface area contributed by atoms with Crippen molar-refractivity contribution in [1.82, 2.24) is 4.90 Å². The van der Waals surface area contributed by atoms with Crippen LogP contribution in [0.4, 0.5) is 10.1 Å². The number of nitrogens with zero attached hydrogens (tertiary/aromatic N) is 3. The largest absolute Gasteiger partial charge is 0.307 e. The molecule has 2 atom stereocenters. The summed E-state index contributed by atoms with van der Waals surface area (Å²) in [5.74, 6) is 0.426. The van der Waals surface area contributed by atoms with E-state index in [-0.39, 0.29) is 36.2 Å². The van der Waals surface area contributed by atoms with Gasteiger partial charge in [-0.05, 0) is 43.7 Å². The van der Waals surface area contributed by atoms with Gasteiger partial charge in [0.2, 0.25) is 5.96 Å². The van der Waals surface area contributed by atoms with Crippen molar-refractivity contribution < 1.29 is 9.18 Å². The van der Waals surface area contributed by atoms with E-state index in [0.29, 0.717) is 18.1 Å². The minimum absolute atomic E-state index is 0. The summed E-state index contributed by atoms with van der Waals surface area (Å²) in [6, 6.07) is 14.1. The summed E-state index contributed by atoms with van der Waals surface area (Å²) in [6.07, 6.45) is 0. The van der Waals surface area contributed by atoms with Crippen LogP contribution in [0.2, 0.25) is 0 Å². The van der Waals surface area contributed by atoms with E-state index in [0.717, 1.165) is 11.3 Å². The highest BCUT2D eigenvalue weighted by Crippen LogP contribution is 2.34. The SMILES string of the molecule is CC1N=C2N(Cc3ccc(F)cc3)c3ccccc3C(=O)N2C1C.Cl. The van der Waals surface area contributed by atoms with E-state index in [1.165, 1.54) is 12.1 Å². The predicted octanol–water partition coefficient (Wildman–Crippen LogP) is 3.86. The third kappa shape index (κ3) is 2.78. The van der Waals surface area contributed by atoms with E-state index in [1.54, 1.807) is 17.0 Å². The van der Waals surface area contributed by atoms with E-state index in [4.69, 9.17) is 4.99 Å². The maximum atomic E-state index is 13.2. The zero-order valence-electron chi connectivity index (χ0n) is 14.0. The van der Waals surface area contributed by atoms with Gasteiger partial charge < -0.3 is 4.90 Å². The van der Waals surface area contributed by atoms with Gasteiger partial charge in [0.1, 0.15) is 5.82 Å². The van der Waals surface area contributed by atoms with Crippen molar-refractivity contribution >= 4 is 30.0 Å². The van der Waals surface area contributed by atoms with Crippen molar-refractivity contribution in [2.45, 2.75) is 32.5 Å². The van der Waals surface area contributed by atoms with Crippen LogP contribution >= 0.6 is 12.4 Å². The summed E-state index contributed by atoms with van der Waals surface area (Å²) in [6.45, 7) is 4.58. The monoisotopic (exact) mass is 359 g/mol. The molecule has 1 amide bonds. The minimum Gasteiger partial charge on any atom is -0.307 e. The second kappa shape index (κ2) is 6.48. The minimum atomic E-state index is -0.255. The normalized spacial score (nSPS) is 21.4. The van der Waals surface area contributed by atoms with Crippen LogP contribution in [-0.2, 0) is 6.54 Å². The molecule has 0 fully saturated rings. The standard InChI is InChI=1S/C19H18FN3O.ClH/c1-12-13(2)23-18(24)16-5-3-4-6-17(16)22(19(23)21-12)11-14-7-9-15(20)10-8-14;/h3-10,12-13H,11H2,1-2H3;1H. The lowest BCUT2D eigenvalue weighted by Crippen LogP contribution is -2.52. The molecule has 2 aromatic rings. The average molecular weight is 360 g/mol. The maximum Gasteiger partial charge on any atom is 0.263 e. The summed E-state index contributed by atoms with van der Waals surface area (Å²) in [5.41, 5.74) is 2.50. The van der Waals surface area contributed by atoms with Crippen LogP contribution in [-0.4, -0.2) is 28.9 Å². The van der Waals surface area contributed by atoms with Crippen LogP contribution in [0.5, 0.6) is 0 Å². The number of rotatable bonds is 2. The van der Waals surface area contributed by atoms with Crippen molar-refractivity contribution in [3.8, 4) is 0 Å². The highest BCUT2D eigenvalue weighted by molar-refractivity contribution is 6.19. The fourth-order valence-electron chi connectivity index (χ4n) is 3.28. The molecule has 0 bridgehead atoms. The van der Waals surface area contributed by atoms with Crippen LogP contribution in [0.25, 0.3) is 0 Å². The Morgan fingerprint density at radius 2 is 1.76 bits per heavy atom. The van der Waals surface area contributed by atoms with Gasteiger partial charge in [0.15, 0.2) is 0 Å². The van der Waals surface area contributed by atoms with Gasteiger partial charge in [0, 0.05) is 0 Å². The number of guanidine groups is 1. The van der Waals surface area contributed by atoms with Gasteiger partial charge in [0.25, 0.3) is 5.91 Å². The molecule has 0 saturated heterocycles. The summed E-state index contributed by atoms with van der Waals surface area (Å²) in [7, 11) is 0. The number of benzene rings is 2. The Balaban J connectivity index is 0.00000182. The molecule has 4 rings (SSSR count). The van der Waals surface area contributed by atoms with Gasteiger partial charge in [-0.15, -0.1) is 12.4 Å². The average Bonchev–Trinajstić information content (AvgIpc) is 2.89. The van der Waals surface area contributed by atoms with E-state index in [1.807, 2.05) is 43.0 Å². The highest BCUT2D eigenvalue weighted by Gasteiger charge is 2.43. The number of hydrogen-bond acceptors (Lipinski definition) is 3. The van der Waals surface area contributed by atoms with Crippen molar-refractivity contribution in [2.75, 3.05) is 4.90 Å². The number of anilines is 1. The fraction of sp³-hybridized carbons (Fsp3) is 0.263. The van der Waals surface area contributed by atoms with Gasteiger partial charge in [-0.1, -0.05) is 24.3 Å². The lowest BCUT2D eigenvalue weighted by atomic mass is 10.0. The van der Waals surface area contributed by atoms with Crippen molar-refractivity contribution in [1.29, 1.82) is 0 Å². The molecule has 2 aliphatic rings. The number of aliphatic imine (C=N–C) groups is 1. The molecule has 2 aliphatic heterocycles. The van der Waals surface area contributed by atoms with Crippen molar-refractivity contribution in [2.24, 2.45) is 4.99 Å². The second-order valence-electron chi connectivity index (χ2n) is 6.32. The van der Waals surface area contributed by atoms with Gasteiger partial charge in [-0.2, -0.15) is 0 Å². The molecule has 0 saturated carbocycles. The van der Waals surface area contributed by atoms with E-state index in [2.05, 4.69) is 0 Å². The molecule has 2 aromatic carbocycles. The summed E-state index contributed by atoms with van der Waals surface area (Å²) in [5, 5.41) is 0. The van der Waals surface area contributed by atoms with Gasteiger partial charge >= 0.3 is 0 Å². The first kappa shape index (κ1) is 17.4. The number of carbonyl (C=O) groups is 1. The number of amides is 1. The smallest absolute Gasteiger partial charge is 0.263 e. The molecule has 6 heteroatoms. The van der Waals surface area contributed by atoms with Crippen LogP contribution < -0.4 is 4.90 Å². The predicted molar refractivity (Wildman–Crippen MR) is 98.8 cm³/mol. The van der Waals surface area contributed by atoms with Crippen LogP contribution in [0.15, 0.2) is 53.5 Å². The number of halogens is 2. The molecular formula is C19H19ClFN3O. The second-order valence-corrected chi connectivity index (χ2v) is 6.32. The van der Waals surface area contributed by atoms with Gasteiger partial charge in [-0.3, -0.25) is 9.69 Å². The van der Waals surface area contributed by atoms with Crippen LogP contribution in [0.3, 0.4) is 0 Å². The molecule has 0 aromatic heterocycles. The lowest BCUT2D eigenvalue weighted by Gasteiger charge is -2.38. The Bertz CT molecular complexity index is 837. The fourth-order valence-corrected chi connectivity index (χ4v) is 3.28. The molecule has 0 spiro atoms. The molecule has 4 nitrogen and oxygen atoms in total. The van der Waals surface area contributed by atoms with Gasteiger partial charge in [-0.25, -0.2) is 9.38 Å². The number of para-hydroxylation sites is 1. The number of carbonyl (C=O) groups excluding carboxylic acids is 1. The highest BCUT2D eigenvalue weighted by atomic mass is 35.5. The first-order valence-corrected chi connectivity index (χ1v) is 8.08. The Morgan fingerprint density at radius 1 is 1.08 bits per heavy atom. The zero-order chi connectivity index (χ0) is 16.8. The Labute approximate surface area is 152 Å². The molecular weight excluding hydrogens is 341 g/mol. The topological polar surface area (TPSA) is 35.9 Å².